The van der Waals surface area contributed by atoms with Gasteiger partial charge in [-0.2, -0.15) is 0 Å². The molecule has 3 atom stereocenters. The lowest BCUT2D eigenvalue weighted by molar-refractivity contribution is -0.123. The Morgan fingerprint density at radius 3 is 2.04 bits per heavy atom. The number of carbonyl (C=O) groups excluding carboxylic acids is 1. The summed E-state index contributed by atoms with van der Waals surface area (Å²) in [6, 6.07) is 19.0. The van der Waals surface area contributed by atoms with Gasteiger partial charge >= 0.3 is 0 Å². The van der Waals surface area contributed by atoms with Crippen LogP contribution < -0.4 is 5.32 Å². The molecular weight excluding hydrogens is 302 g/mol. The van der Waals surface area contributed by atoms with Crippen LogP contribution in [0, 0.1) is 0 Å². The third kappa shape index (κ3) is 5.80. The van der Waals surface area contributed by atoms with Gasteiger partial charge < -0.3 is 15.5 Å². The third-order valence-electron chi connectivity index (χ3n) is 4.01. The lowest BCUT2D eigenvalue weighted by atomic mass is 9.93. The van der Waals surface area contributed by atoms with Crippen molar-refractivity contribution in [2.75, 3.05) is 6.54 Å². The number of amides is 1. The van der Waals surface area contributed by atoms with E-state index in [0.29, 0.717) is 13.0 Å². The first-order chi connectivity index (χ1) is 11.6. The molecule has 0 aliphatic heterocycles. The molecule has 0 aliphatic carbocycles. The number of aliphatic hydroxyl groups is 2. The molecule has 2 aromatic rings. The summed E-state index contributed by atoms with van der Waals surface area (Å²) in [6.45, 7) is 2.19. The van der Waals surface area contributed by atoms with Crippen LogP contribution in [0.25, 0.3) is 0 Å². The van der Waals surface area contributed by atoms with Crippen molar-refractivity contribution in [2.24, 2.45) is 0 Å². The summed E-state index contributed by atoms with van der Waals surface area (Å²) in [7, 11) is 0. The largest absolute Gasteiger partial charge is 0.393 e. The molecule has 128 valence electrons. The van der Waals surface area contributed by atoms with E-state index in [4.69, 9.17) is 0 Å². The molecule has 4 nitrogen and oxygen atoms in total. The second kappa shape index (κ2) is 9.21. The van der Waals surface area contributed by atoms with Crippen LogP contribution in [-0.4, -0.2) is 28.8 Å². The summed E-state index contributed by atoms with van der Waals surface area (Å²) < 4.78 is 0. The fraction of sp³-hybridized carbons (Fsp3) is 0.350. The number of nitrogens with one attached hydrogen (secondary N) is 1. The van der Waals surface area contributed by atoms with E-state index in [2.05, 4.69) is 5.32 Å². The molecule has 3 unspecified atom stereocenters. The van der Waals surface area contributed by atoms with Crippen molar-refractivity contribution in [3.63, 3.8) is 0 Å². The summed E-state index contributed by atoms with van der Waals surface area (Å²) in [4.78, 5) is 12.1. The van der Waals surface area contributed by atoms with Gasteiger partial charge in [-0.3, -0.25) is 4.79 Å². The number of rotatable bonds is 8. The Kier molecular flexibility index (Phi) is 6.97. The van der Waals surface area contributed by atoms with E-state index < -0.39 is 12.2 Å². The smallest absolute Gasteiger partial charge is 0.222 e. The second-order valence-electron chi connectivity index (χ2n) is 6.13. The first kappa shape index (κ1) is 18.2. The lowest BCUT2D eigenvalue weighted by Crippen LogP contribution is -2.30. The molecule has 0 saturated carbocycles. The highest BCUT2D eigenvalue weighted by Gasteiger charge is 2.17. The van der Waals surface area contributed by atoms with E-state index in [1.165, 1.54) is 0 Å². The zero-order valence-corrected chi connectivity index (χ0v) is 13.9. The van der Waals surface area contributed by atoms with E-state index in [-0.39, 0.29) is 18.2 Å². The normalized spacial score (nSPS) is 14.6. The van der Waals surface area contributed by atoms with Crippen molar-refractivity contribution in [2.45, 2.75) is 37.9 Å². The van der Waals surface area contributed by atoms with Crippen molar-refractivity contribution in [1.29, 1.82) is 0 Å². The second-order valence-corrected chi connectivity index (χ2v) is 6.13. The molecule has 24 heavy (non-hydrogen) atoms. The van der Waals surface area contributed by atoms with Crippen LogP contribution in [0.5, 0.6) is 0 Å². The first-order valence-corrected chi connectivity index (χ1v) is 8.29. The van der Waals surface area contributed by atoms with Crippen molar-refractivity contribution < 1.29 is 15.0 Å². The molecule has 0 aliphatic rings. The molecule has 3 N–H and O–H groups in total. The van der Waals surface area contributed by atoms with Gasteiger partial charge in [-0.1, -0.05) is 60.7 Å². The highest BCUT2D eigenvalue weighted by atomic mass is 16.3. The Labute approximate surface area is 143 Å². The van der Waals surface area contributed by atoms with Crippen molar-refractivity contribution >= 4 is 5.91 Å². The minimum atomic E-state index is -0.807. The number of carbonyl (C=O) groups is 1. The van der Waals surface area contributed by atoms with E-state index in [9.17, 15) is 15.0 Å². The molecule has 2 aromatic carbocycles. The fourth-order valence-electron chi connectivity index (χ4n) is 2.75. The molecule has 0 spiro atoms. The Bertz CT molecular complexity index is 613. The average molecular weight is 327 g/mol. The van der Waals surface area contributed by atoms with Crippen molar-refractivity contribution in [3.05, 3.63) is 71.8 Å². The maximum Gasteiger partial charge on any atom is 0.222 e. The van der Waals surface area contributed by atoms with Crippen LogP contribution >= 0.6 is 0 Å². The number of aliphatic hydroxyl groups excluding tert-OH is 2. The highest BCUT2D eigenvalue weighted by molar-refractivity contribution is 5.76. The molecule has 0 radical (unpaired) electrons. The standard InChI is InChI=1S/C20H25NO3/c1-15(22)12-18(16-8-4-2-5-9-16)14-21-20(24)13-19(23)17-10-6-3-7-11-17/h2-11,15,18-19,22-23H,12-14H2,1H3,(H,21,24). The summed E-state index contributed by atoms with van der Waals surface area (Å²) in [6.07, 6.45) is -0.647. The number of benzene rings is 2. The topological polar surface area (TPSA) is 69.6 Å². The number of hydrogen-bond acceptors (Lipinski definition) is 3. The fourth-order valence-corrected chi connectivity index (χ4v) is 2.75. The predicted molar refractivity (Wildman–Crippen MR) is 94.5 cm³/mol. The van der Waals surface area contributed by atoms with Gasteiger partial charge in [-0.15, -0.1) is 0 Å². The highest BCUT2D eigenvalue weighted by Crippen LogP contribution is 2.21. The van der Waals surface area contributed by atoms with Crippen LogP contribution in [0.1, 0.15) is 42.9 Å². The molecule has 2 rings (SSSR count). The Balaban J connectivity index is 1.90. The molecule has 1 amide bonds. The van der Waals surface area contributed by atoms with Gasteiger partial charge in [0.25, 0.3) is 0 Å². The van der Waals surface area contributed by atoms with Crippen molar-refractivity contribution in [1.82, 2.24) is 5.32 Å². The van der Waals surface area contributed by atoms with Gasteiger partial charge in [0.15, 0.2) is 0 Å². The lowest BCUT2D eigenvalue weighted by Gasteiger charge is -2.20. The Morgan fingerprint density at radius 2 is 1.50 bits per heavy atom. The van der Waals surface area contributed by atoms with Gasteiger partial charge in [0.05, 0.1) is 18.6 Å². The van der Waals surface area contributed by atoms with E-state index in [1.54, 1.807) is 19.1 Å². The van der Waals surface area contributed by atoms with Gasteiger partial charge in [0.1, 0.15) is 0 Å². The zero-order chi connectivity index (χ0) is 17.4. The Morgan fingerprint density at radius 1 is 0.958 bits per heavy atom. The zero-order valence-electron chi connectivity index (χ0n) is 13.9. The maximum atomic E-state index is 12.1. The summed E-state index contributed by atoms with van der Waals surface area (Å²) >= 11 is 0. The average Bonchev–Trinajstić information content (AvgIpc) is 2.59. The molecule has 0 saturated heterocycles. The molecule has 0 fully saturated rings. The monoisotopic (exact) mass is 327 g/mol. The predicted octanol–water partition coefficient (Wildman–Crippen LogP) is 2.78. The molecular formula is C20H25NO3. The van der Waals surface area contributed by atoms with E-state index in [1.807, 2.05) is 48.5 Å². The first-order valence-electron chi connectivity index (χ1n) is 8.29. The molecule has 4 heteroatoms. The van der Waals surface area contributed by atoms with Gasteiger partial charge in [0, 0.05) is 12.5 Å². The van der Waals surface area contributed by atoms with Gasteiger partial charge in [-0.25, -0.2) is 0 Å². The minimum Gasteiger partial charge on any atom is -0.393 e. The molecule has 0 aromatic heterocycles. The van der Waals surface area contributed by atoms with Crippen LogP contribution in [0.4, 0.5) is 0 Å². The quantitative estimate of drug-likeness (QED) is 0.698. The van der Waals surface area contributed by atoms with Crippen LogP contribution in [0.2, 0.25) is 0 Å². The van der Waals surface area contributed by atoms with Gasteiger partial charge in [0.2, 0.25) is 5.91 Å². The Hall–Kier alpha value is -2.17. The number of hydrogen-bond donors (Lipinski definition) is 3. The van der Waals surface area contributed by atoms with Gasteiger partial charge in [-0.05, 0) is 24.5 Å². The summed E-state index contributed by atoms with van der Waals surface area (Å²) in [5.74, 6) is -0.151. The molecule has 0 bridgehead atoms. The SMILES string of the molecule is CC(O)CC(CNC(=O)CC(O)c1ccccc1)c1ccccc1. The van der Waals surface area contributed by atoms with Crippen molar-refractivity contribution in [3.8, 4) is 0 Å². The van der Waals surface area contributed by atoms with E-state index >= 15 is 0 Å². The summed E-state index contributed by atoms with van der Waals surface area (Å²) in [5.41, 5.74) is 1.82. The third-order valence-corrected chi connectivity index (χ3v) is 4.01. The van der Waals surface area contributed by atoms with Crippen LogP contribution in [-0.2, 0) is 4.79 Å². The summed E-state index contributed by atoms with van der Waals surface area (Å²) in [5, 5.41) is 22.7. The molecule has 0 heterocycles. The van der Waals surface area contributed by atoms with Crippen LogP contribution in [0.3, 0.4) is 0 Å². The van der Waals surface area contributed by atoms with E-state index in [0.717, 1.165) is 11.1 Å². The van der Waals surface area contributed by atoms with Crippen LogP contribution in [0.15, 0.2) is 60.7 Å². The maximum absolute atomic E-state index is 12.1. The minimum absolute atomic E-state index is 0.0280.